The fourth-order valence-corrected chi connectivity index (χ4v) is 1.59. The number of ether oxygens (including phenoxy) is 1. The van der Waals surface area contributed by atoms with E-state index in [1.807, 2.05) is 6.92 Å². The molecular formula is C11H13N5O. The van der Waals surface area contributed by atoms with Gasteiger partial charge in [-0.1, -0.05) is 0 Å². The molecule has 1 fully saturated rings. The van der Waals surface area contributed by atoms with E-state index in [1.54, 1.807) is 12.1 Å². The van der Waals surface area contributed by atoms with Gasteiger partial charge in [0.25, 0.3) is 0 Å². The average Bonchev–Trinajstić information content (AvgIpc) is 3.03. The second-order valence-electron chi connectivity index (χ2n) is 4.25. The summed E-state index contributed by atoms with van der Waals surface area (Å²) in [6, 6.07) is 3.41. The molecule has 0 radical (unpaired) electrons. The number of rotatable bonds is 3. The average molecular weight is 231 g/mol. The van der Waals surface area contributed by atoms with Gasteiger partial charge in [-0.05, 0) is 19.8 Å². The van der Waals surface area contributed by atoms with Crippen molar-refractivity contribution >= 4 is 5.82 Å². The van der Waals surface area contributed by atoms with Crippen LogP contribution in [0.1, 0.15) is 30.3 Å². The number of nitrogens with two attached hydrogens (primary N) is 1. The lowest BCUT2D eigenvalue weighted by Crippen LogP contribution is -2.00. The van der Waals surface area contributed by atoms with Crippen LogP contribution >= 0.6 is 0 Å². The van der Waals surface area contributed by atoms with Crippen molar-refractivity contribution in [2.45, 2.75) is 25.7 Å². The SMILES string of the molecule is Cc1cc(Oc2cc(N)nc(C3CC3)n2)n[nH]1. The molecule has 0 saturated heterocycles. The zero-order chi connectivity index (χ0) is 11.8. The molecular weight excluding hydrogens is 218 g/mol. The Bertz CT molecular complexity index is 547. The van der Waals surface area contributed by atoms with Crippen LogP contribution in [0.2, 0.25) is 0 Å². The molecule has 2 aromatic rings. The van der Waals surface area contributed by atoms with Gasteiger partial charge in [-0.15, -0.1) is 5.10 Å². The molecule has 0 unspecified atom stereocenters. The summed E-state index contributed by atoms with van der Waals surface area (Å²) in [7, 11) is 0. The highest BCUT2D eigenvalue weighted by Crippen LogP contribution is 2.39. The first kappa shape index (κ1) is 10.1. The van der Waals surface area contributed by atoms with Gasteiger partial charge < -0.3 is 10.5 Å². The lowest BCUT2D eigenvalue weighted by molar-refractivity contribution is 0.440. The molecule has 17 heavy (non-hydrogen) atoms. The van der Waals surface area contributed by atoms with E-state index in [0.717, 1.165) is 24.4 Å². The van der Waals surface area contributed by atoms with Crippen LogP contribution in [-0.4, -0.2) is 20.2 Å². The van der Waals surface area contributed by atoms with Crippen molar-refractivity contribution in [1.29, 1.82) is 0 Å². The number of aromatic nitrogens is 4. The topological polar surface area (TPSA) is 89.7 Å². The smallest absolute Gasteiger partial charge is 0.240 e. The van der Waals surface area contributed by atoms with Crippen molar-refractivity contribution < 1.29 is 4.74 Å². The van der Waals surface area contributed by atoms with Crippen molar-refractivity contribution in [3.8, 4) is 11.8 Å². The molecule has 2 heterocycles. The predicted molar refractivity (Wildman–Crippen MR) is 61.8 cm³/mol. The minimum atomic E-state index is 0.434. The van der Waals surface area contributed by atoms with Crippen molar-refractivity contribution in [2.24, 2.45) is 0 Å². The second-order valence-corrected chi connectivity index (χ2v) is 4.25. The van der Waals surface area contributed by atoms with E-state index < -0.39 is 0 Å². The summed E-state index contributed by atoms with van der Waals surface area (Å²) in [4.78, 5) is 8.53. The van der Waals surface area contributed by atoms with Crippen LogP contribution in [0.5, 0.6) is 11.8 Å². The summed E-state index contributed by atoms with van der Waals surface area (Å²) in [5, 5.41) is 6.79. The quantitative estimate of drug-likeness (QED) is 0.840. The summed E-state index contributed by atoms with van der Waals surface area (Å²) in [5.41, 5.74) is 6.66. The molecule has 1 aliphatic carbocycles. The highest BCUT2D eigenvalue weighted by atomic mass is 16.5. The Morgan fingerprint density at radius 2 is 2.12 bits per heavy atom. The molecule has 0 aromatic carbocycles. The third-order valence-electron chi connectivity index (χ3n) is 2.57. The number of nitrogens with one attached hydrogen (secondary N) is 1. The highest BCUT2D eigenvalue weighted by molar-refractivity contribution is 5.35. The van der Waals surface area contributed by atoms with E-state index in [4.69, 9.17) is 10.5 Å². The normalized spacial score (nSPS) is 14.9. The number of anilines is 1. The summed E-state index contributed by atoms with van der Waals surface area (Å²) in [5.74, 6) is 2.59. The van der Waals surface area contributed by atoms with Gasteiger partial charge in [0.2, 0.25) is 11.8 Å². The molecule has 1 saturated carbocycles. The fraction of sp³-hybridized carbons (Fsp3) is 0.364. The van der Waals surface area contributed by atoms with E-state index in [0.29, 0.717) is 23.5 Å². The molecule has 6 nitrogen and oxygen atoms in total. The zero-order valence-electron chi connectivity index (χ0n) is 9.47. The molecule has 3 rings (SSSR count). The van der Waals surface area contributed by atoms with Crippen molar-refractivity contribution in [3.63, 3.8) is 0 Å². The minimum absolute atomic E-state index is 0.434. The van der Waals surface area contributed by atoms with Gasteiger partial charge >= 0.3 is 0 Å². The van der Waals surface area contributed by atoms with Gasteiger partial charge in [-0.3, -0.25) is 5.10 Å². The first-order valence-corrected chi connectivity index (χ1v) is 5.55. The third kappa shape index (κ3) is 2.20. The van der Waals surface area contributed by atoms with Crippen LogP contribution in [0.3, 0.4) is 0 Å². The van der Waals surface area contributed by atoms with Crippen LogP contribution in [0.25, 0.3) is 0 Å². The summed E-state index contributed by atoms with van der Waals surface area (Å²) < 4.78 is 5.53. The van der Waals surface area contributed by atoms with Crippen LogP contribution < -0.4 is 10.5 Å². The zero-order valence-corrected chi connectivity index (χ0v) is 9.47. The summed E-state index contributed by atoms with van der Waals surface area (Å²) in [6.45, 7) is 1.91. The first-order valence-electron chi connectivity index (χ1n) is 5.55. The maximum Gasteiger partial charge on any atom is 0.240 e. The molecule has 1 aliphatic rings. The number of nitrogen functional groups attached to an aromatic ring is 1. The molecule has 6 heteroatoms. The third-order valence-corrected chi connectivity index (χ3v) is 2.57. The Morgan fingerprint density at radius 3 is 2.76 bits per heavy atom. The lowest BCUT2D eigenvalue weighted by atomic mass is 10.4. The fourth-order valence-electron chi connectivity index (χ4n) is 1.59. The number of hydrogen-bond donors (Lipinski definition) is 2. The number of H-pyrrole nitrogens is 1. The molecule has 0 amide bonds. The largest absolute Gasteiger partial charge is 0.419 e. The summed E-state index contributed by atoms with van der Waals surface area (Å²) >= 11 is 0. The van der Waals surface area contributed by atoms with Gasteiger partial charge in [0.05, 0.1) is 0 Å². The molecule has 0 atom stereocenters. The highest BCUT2D eigenvalue weighted by Gasteiger charge is 2.27. The number of hydrogen-bond acceptors (Lipinski definition) is 5. The summed E-state index contributed by atoms with van der Waals surface area (Å²) in [6.07, 6.45) is 2.26. The Morgan fingerprint density at radius 1 is 1.29 bits per heavy atom. The van der Waals surface area contributed by atoms with Crippen LogP contribution in [0.15, 0.2) is 12.1 Å². The number of aromatic amines is 1. The van der Waals surface area contributed by atoms with Gasteiger partial charge in [0.1, 0.15) is 11.6 Å². The van der Waals surface area contributed by atoms with Crippen molar-refractivity contribution in [3.05, 3.63) is 23.7 Å². The van der Waals surface area contributed by atoms with Crippen molar-refractivity contribution in [2.75, 3.05) is 5.73 Å². The van der Waals surface area contributed by atoms with E-state index in [9.17, 15) is 0 Å². The van der Waals surface area contributed by atoms with E-state index >= 15 is 0 Å². The van der Waals surface area contributed by atoms with Crippen LogP contribution in [0, 0.1) is 6.92 Å². The Hall–Kier alpha value is -2.11. The van der Waals surface area contributed by atoms with E-state index in [1.165, 1.54) is 0 Å². The maximum atomic E-state index is 5.72. The molecule has 3 N–H and O–H groups in total. The van der Waals surface area contributed by atoms with Gasteiger partial charge in [0.15, 0.2) is 0 Å². The number of aryl methyl sites for hydroxylation is 1. The van der Waals surface area contributed by atoms with E-state index in [-0.39, 0.29) is 0 Å². The number of nitrogens with zero attached hydrogens (tertiary/aromatic N) is 3. The predicted octanol–water partition coefficient (Wildman–Crippen LogP) is 1.76. The standard InChI is InChI=1S/C11H13N5O/c1-6-4-10(16-15-6)17-9-5-8(12)13-11(14-9)7-2-3-7/h4-5,7H,2-3H2,1H3,(H,15,16)(H2,12,13,14). The second kappa shape index (κ2) is 3.73. The molecule has 0 aliphatic heterocycles. The molecule has 88 valence electrons. The van der Waals surface area contributed by atoms with Gasteiger partial charge in [-0.2, -0.15) is 4.98 Å². The first-order chi connectivity index (χ1) is 8.20. The molecule has 0 bridgehead atoms. The monoisotopic (exact) mass is 231 g/mol. The van der Waals surface area contributed by atoms with E-state index in [2.05, 4.69) is 20.2 Å². The Kier molecular flexibility index (Phi) is 2.21. The lowest BCUT2D eigenvalue weighted by Gasteiger charge is -2.04. The Balaban J connectivity index is 1.86. The molecule has 0 spiro atoms. The minimum Gasteiger partial charge on any atom is -0.419 e. The van der Waals surface area contributed by atoms with Gasteiger partial charge in [0, 0.05) is 23.7 Å². The Labute approximate surface area is 98.2 Å². The maximum absolute atomic E-state index is 5.72. The van der Waals surface area contributed by atoms with Gasteiger partial charge in [-0.25, -0.2) is 4.98 Å². The molecule has 2 aromatic heterocycles. The van der Waals surface area contributed by atoms with Crippen LogP contribution in [0.4, 0.5) is 5.82 Å². The van der Waals surface area contributed by atoms with Crippen LogP contribution in [-0.2, 0) is 0 Å². The van der Waals surface area contributed by atoms with Crippen molar-refractivity contribution in [1.82, 2.24) is 20.2 Å².